The van der Waals surface area contributed by atoms with Crippen molar-refractivity contribution in [3.63, 3.8) is 0 Å². The molecule has 15 heteroatoms. The van der Waals surface area contributed by atoms with Crippen molar-refractivity contribution in [2.75, 3.05) is 23.5 Å². The summed E-state index contributed by atoms with van der Waals surface area (Å²) in [6.07, 6.45) is 0.592. The SMILES string of the molecule is C=C1N[C@@H](CSCc2ccccc2)C(=O)O1.CSSC[C@@H]1NC(=O)OC1=O.O=C1N[C@@H](CSC(c2ccccc2)(c2ccccc2)c2ccccc2)C(=O)O1. The first kappa shape index (κ1) is 41.3. The van der Waals surface area contributed by atoms with Crippen LogP contribution in [0.2, 0.25) is 0 Å². The van der Waals surface area contributed by atoms with E-state index in [0.29, 0.717) is 23.1 Å². The van der Waals surface area contributed by atoms with E-state index in [1.54, 1.807) is 34.3 Å². The topological polar surface area (TPSA) is 149 Å². The first-order valence-electron chi connectivity index (χ1n) is 17.0. The molecule has 3 atom stereocenters. The summed E-state index contributed by atoms with van der Waals surface area (Å²) in [5.41, 5.74) is 4.58. The number of nitrogens with one attached hydrogen (secondary N) is 3. The Morgan fingerprint density at radius 1 is 0.564 bits per heavy atom. The summed E-state index contributed by atoms with van der Waals surface area (Å²) >= 11 is 3.32. The molecule has 286 valence electrons. The van der Waals surface area contributed by atoms with E-state index in [0.717, 1.165) is 22.4 Å². The zero-order valence-electron chi connectivity index (χ0n) is 29.7. The Labute approximate surface area is 335 Å². The quantitative estimate of drug-likeness (QED) is 0.0424. The molecule has 3 saturated heterocycles. The lowest BCUT2D eigenvalue weighted by atomic mass is 9.84. The molecule has 7 rings (SSSR count). The van der Waals surface area contributed by atoms with E-state index in [-0.39, 0.29) is 12.0 Å². The lowest BCUT2D eigenvalue weighted by Gasteiger charge is -2.36. The minimum atomic E-state index is -0.680. The number of ether oxygens (including phenoxy) is 3. The van der Waals surface area contributed by atoms with Crippen LogP contribution >= 0.6 is 45.1 Å². The number of benzene rings is 4. The monoisotopic (exact) mass is 817 g/mol. The average Bonchev–Trinajstić information content (AvgIpc) is 3.84. The van der Waals surface area contributed by atoms with Crippen LogP contribution in [0.25, 0.3) is 0 Å². The molecule has 3 fully saturated rings. The molecule has 3 aliphatic heterocycles. The molecular formula is C40H39N3O8S4. The van der Waals surface area contributed by atoms with Crippen LogP contribution in [-0.2, 0) is 39.1 Å². The number of cyclic esters (lactones) is 5. The van der Waals surface area contributed by atoms with Crippen molar-refractivity contribution < 1.29 is 38.2 Å². The van der Waals surface area contributed by atoms with Gasteiger partial charge in [-0.15, -0.1) is 11.8 Å². The molecule has 0 unspecified atom stereocenters. The van der Waals surface area contributed by atoms with Gasteiger partial charge in [0.25, 0.3) is 0 Å². The van der Waals surface area contributed by atoms with E-state index in [9.17, 15) is 24.0 Å². The second-order valence-electron chi connectivity index (χ2n) is 11.9. The molecule has 0 spiro atoms. The Balaban J connectivity index is 0.000000180. The molecule has 4 aromatic carbocycles. The summed E-state index contributed by atoms with van der Waals surface area (Å²) in [6.45, 7) is 3.56. The molecule has 11 nitrogen and oxygen atoms in total. The van der Waals surface area contributed by atoms with Crippen molar-refractivity contribution in [3.05, 3.63) is 156 Å². The van der Waals surface area contributed by atoms with Gasteiger partial charge < -0.3 is 30.2 Å². The number of carbonyl (C=O) groups is 5. The van der Waals surface area contributed by atoms with E-state index < -0.39 is 41.0 Å². The molecule has 0 bridgehead atoms. The van der Waals surface area contributed by atoms with Gasteiger partial charge in [-0.3, -0.25) is 0 Å². The van der Waals surface area contributed by atoms with Gasteiger partial charge in [-0.25, -0.2) is 24.0 Å². The molecule has 0 radical (unpaired) electrons. The summed E-state index contributed by atoms with van der Waals surface area (Å²) in [6, 6.07) is 39.4. The van der Waals surface area contributed by atoms with Gasteiger partial charge in [0.05, 0.1) is 4.75 Å². The third kappa shape index (κ3) is 11.6. The zero-order valence-corrected chi connectivity index (χ0v) is 33.0. The van der Waals surface area contributed by atoms with Crippen LogP contribution in [0.15, 0.2) is 134 Å². The van der Waals surface area contributed by atoms with Gasteiger partial charge in [0.15, 0.2) is 5.88 Å². The standard InChI is InChI=1S/C23H19NO3S.C12H13NO2S.C5H7NO3S2/c25-21-20(24-22(26)27-21)16-28-23(17-10-4-1-5-11-17,18-12-6-2-7-13-18)19-14-8-3-9-15-19;1-9-13-11(12(14)15-9)8-16-7-10-5-3-2-4-6-10;1-10-11-2-3-4(7)9-5(8)6-3/h1-15,20H,16H2,(H,24,26);2-6,11,13H,1,7-8H2;3H,2H2,1H3,(H,6,8)/t20-;11-;3-/m000/s1. The number of esters is 3. The normalized spacial score (nSPS) is 18.7. The largest absolute Gasteiger partial charge is 0.415 e. The summed E-state index contributed by atoms with van der Waals surface area (Å²) < 4.78 is 13.2. The minimum absolute atomic E-state index is 0.231. The molecule has 2 amide bonds. The highest BCUT2D eigenvalue weighted by Crippen LogP contribution is 2.48. The Kier molecular flexibility index (Phi) is 15.6. The van der Waals surface area contributed by atoms with E-state index >= 15 is 0 Å². The summed E-state index contributed by atoms with van der Waals surface area (Å²) in [4.78, 5) is 55.9. The van der Waals surface area contributed by atoms with Crippen LogP contribution in [0.4, 0.5) is 9.59 Å². The van der Waals surface area contributed by atoms with E-state index in [1.807, 2.05) is 79.1 Å². The van der Waals surface area contributed by atoms with Gasteiger partial charge in [-0.1, -0.05) is 143 Å². The highest BCUT2D eigenvalue weighted by atomic mass is 33.1. The maximum absolute atomic E-state index is 12.0. The Morgan fingerprint density at radius 3 is 1.38 bits per heavy atom. The predicted molar refractivity (Wildman–Crippen MR) is 219 cm³/mol. The second-order valence-corrected chi connectivity index (χ2v) is 16.8. The molecule has 3 aliphatic rings. The van der Waals surface area contributed by atoms with Gasteiger partial charge >= 0.3 is 30.1 Å². The van der Waals surface area contributed by atoms with Crippen LogP contribution in [0, 0.1) is 0 Å². The van der Waals surface area contributed by atoms with Gasteiger partial charge in [0, 0.05) is 23.0 Å². The number of hydrogen-bond donors (Lipinski definition) is 3. The molecule has 3 N–H and O–H groups in total. The Bertz CT molecular complexity index is 1830. The maximum atomic E-state index is 12.0. The van der Waals surface area contributed by atoms with Crippen LogP contribution < -0.4 is 16.0 Å². The van der Waals surface area contributed by atoms with Gasteiger partial charge in [0.2, 0.25) is 0 Å². The smallest absolute Gasteiger partial charge is 0.409 e. The van der Waals surface area contributed by atoms with Crippen LogP contribution in [0.3, 0.4) is 0 Å². The first-order chi connectivity index (χ1) is 26.7. The van der Waals surface area contributed by atoms with Crippen LogP contribution in [0.5, 0.6) is 0 Å². The third-order valence-corrected chi connectivity index (χ3v) is 12.7. The number of thioether (sulfide) groups is 2. The fourth-order valence-corrected chi connectivity index (χ4v) is 9.43. The lowest BCUT2D eigenvalue weighted by Crippen LogP contribution is -2.35. The number of amides is 2. The fraction of sp³-hybridized carbons (Fsp3) is 0.225. The summed E-state index contributed by atoms with van der Waals surface area (Å²) in [5, 5.41) is 7.90. The Morgan fingerprint density at radius 2 is 0.982 bits per heavy atom. The van der Waals surface area contributed by atoms with Gasteiger partial charge in [-0.05, 0) is 35.1 Å². The van der Waals surface area contributed by atoms with E-state index in [1.165, 1.54) is 16.4 Å². The molecule has 3 heterocycles. The molecular weight excluding hydrogens is 779 g/mol. The second kappa shape index (κ2) is 20.7. The summed E-state index contributed by atoms with van der Waals surface area (Å²) in [7, 11) is 3.06. The molecule has 0 aliphatic carbocycles. The van der Waals surface area contributed by atoms with Crippen LogP contribution in [-0.4, -0.2) is 71.7 Å². The van der Waals surface area contributed by atoms with Crippen molar-refractivity contribution in [1.82, 2.24) is 16.0 Å². The van der Waals surface area contributed by atoms with Crippen molar-refractivity contribution in [3.8, 4) is 0 Å². The number of carbonyl (C=O) groups excluding carboxylic acids is 5. The average molecular weight is 818 g/mol. The molecule has 0 saturated carbocycles. The number of rotatable bonds is 13. The molecule has 55 heavy (non-hydrogen) atoms. The third-order valence-electron chi connectivity index (χ3n) is 8.14. The highest BCUT2D eigenvalue weighted by molar-refractivity contribution is 8.76. The van der Waals surface area contributed by atoms with Crippen molar-refractivity contribution >= 4 is 75.2 Å². The van der Waals surface area contributed by atoms with Gasteiger partial charge in [0.1, 0.15) is 18.1 Å². The maximum Gasteiger partial charge on any atom is 0.415 e. The minimum Gasteiger partial charge on any atom is -0.409 e. The van der Waals surface area contributed by atoms with Gasteiger partial charge in [-0.2, -0.15) is 11.8 Å². The predicted octanol–water partition coefficient (Wildman–Crippen LogP) is 6.89. The number of alkyl carbamates (subject to hydrolysis) is 2. The van der Waals surface area contributed by atoms with Crippen molar-refractivity contribution in [1.29, 1.82) is 0 Å². The van der Waals surface area contributed by atoms with Crippen LogP contribution in [0.1, 0.15) is 22.3 Å². The summed E-state index contributed by atoms with van der Waals surface area (Å²) in [5.74, 6) is 1.68. The number of hydrogen-bond acceptors (Lipinski definition) is 13. The highest BCUT2D eigenvalue weighted by Gasteiger charge is 2.41. The molecule has 0 aromatic heterocycles. The lowest BCUT2D eigenvalue weighted by molar-refractivity contribution is -0.136. The van der Waals surface area contributed by atoms with Crippen molar-refractivity contribution in [2.24, 2.45) is 0 Å². The Hall–Kier alpha value is -4.83. The zero-order chi connectivity index (χ0) is 39.0. The van der Waals surface area contributed by atoms with E-state index in [2.05, 4.69) is 80.5 Å². The first-order valence-corrected chi connectivity index (χ1v) is 21.9. The van der Waals surface area contributed by atoms with Crippen molar-refractivity contribution in [2.45, 2.75) is 28.6 Å². The molecule has 4 aromatic rings. The fourth-order valence-electron chi connectivity index (χ4n) is 5.57. The van der Waals surface area contributed by atoms with E-state index in [4.69, 9.17) is 4.74 Å².